The molecule has 9 nitrogen and oxygen atoms in total. The molecule has 2 aromatic carbocycles. The Morgan fingerprint density at radius 3 is 2.20 bits per heavy atom. The number of benzene rings is 2. The molecule has 3 aromatic rings. The minimum absolute atomic E-state index is 0.0780. The number of esters is 2. The second kappa shape index (κ2) is 12.2. The van der Waals surface area contributed by atoms with Gasteiger partial charge in [0.2, 0.25) is 5.91 Å². The molecule has 41 heavy (non-hydrogen) atoms. The van der Waals surface area contributed by atoms with Crippen LogP contribution in [0.15, 0.2) is 89.4 Å². The zero-order valence-electron chi connectivity index (χ0n) is 22.4. The number of β-lactam (4-membered cyclic amide) rings is 1. The van der Waals surface area contributed by atoms with Gasteiger partial charge in [-0.1, -0.05) is 66.7 Å². The van der Waals surface area contributed by atoms with Crippen molar-refractivity contribution in [2.45, 2.75) is 43.0 Å². The lowest BCUT2D eigenvalue weighted by Gasteiger charge is -2.50. The van der Waals surface area contributed by atoms with Crippen molar-refractivity contribution in [3.8, 4) is 0 Å². The van der Waals surface area contributed by atoms with Crippen LogP contribution in [0.2, 0.25) is 0 Å². The van der Waals surface area contributed by atoms with Gasteiger partial charge in [-0.25, -0.2) is 4.79 Å². The average Bonchev–Trinajstić information content (AvgIpc) is 3.48. The van der Waals surface area contributed by atoms with Gasteiger partial charge in [0, 0.05) is 17.4 Å². The first-order valence-corrected chi connectivity index (χ1v) is 15.1. The first kappa shape index (κ1) is 28.4. The number of nitrogens with one attached hydrogen (secondary N) is 1. The molecular formula is C30H28N2O7S2. The Kier molecular flexibility index (Phi) is 8.46. The van der Waals surface area contributed by atoms with Crippen molar-refractivity contribution in [2.75, 3.05) is 6.61 Å². The van der Waals surface area contributed by atoms with E-state index in [4.69, 9.17) is 9.47 Å². The fourth-order valence-corrected chi connectivity index (χ4v) is 7.36. The van der Waals surface area contributed by atoms with E-state index in [1.807, 2.05) is 78.2 Å². The predicted octanol–water partition coefficient (Wildman–Crippen LogP) is 3.24. The molecule has 3 heterocycles. The quantitative estimate of drug-likeness (QED) is 0.299. The molecule has 0 aliphatic carbocycles. The second-order valence-electron chi connectivity index (χ2n) is 9.63. The van der Waals surface area contributed by atoms with Crippen LogP contribution >= 0.6 is 11.3 Å². The highest BCUT2D eigenvalue weighted by atomic mass is 32.2. The molecule has 2 amide bonds. The van der Waals surface area contributed by atoms with Crippen LogP contribution in [-0.4, -0.2) is 56.1 Å². The normalized spacial score (nSPS) is 21.6. The van der Waals surface area contributed by atoms with E-state index < -0.39 is 51.4 Å². The molecular weight excluding hydrogens is 564 g/mol. The predicted molar refractivity (Wildman–Crippen MR) is 153 cm³/mol. The van der Waals surface area contributed by atoms with Crippen LogP contribution in [0.1, 0.15) is 36.0 Å². The fourth-order valence-electron chi connectivity index (χ4n) is 4.91. The monoisotopic (exact) mass is 592 g/mol. The third-order valence-corrected chi connectivity index (χ3v) is 9.77. The Morgan fingerprint density at radius 1 is 1.00 bits per heavy atom. The Bertz CT molecular complexity index is 1470. The van der Waals surface area contributed by atoms with Crippen LogP contribution in [0.4, 0.5) is 0 Å². The average molecular weight is 593 g/mol. The molecule has 2 aliphatic rings. The van der Waals surface area contributed by atoms with E-state index in [0.717, 1.165) is 9.78 Å². The fraction of sp³-hybridized carbons (Fsp3) is 0.267. The Balaban J connectivity index is 1.47. The molecule has 212 valence electrons. The summed E-state index contributed by atoms with van der Waals surface area (Å²) in [4.78, 5) is 53.7. The van der Waals surface area contributed by atoms with E-state index >= 15 is 0 Å². The number of amides is 2. The number of hydrogen-bond acceptors (Lipinski definition) is 8. The van der Waals surface area contributed by atoms with Crippen LogP contribution in [0.5, 0.6) is 0 Å². The summed E-state index contributed by atoms with van der Waals surface area (Å²) < 4.78 is 24.8. The number of thiophene rings is 1. The van der Waals surface area contributed by atoms with Crippen molar-refractivity contribution in [1.82, 2.24) is 10.2 Å². The van der Waals surface area contributed by atoms with Crippen molar-refractivity contribution < 1.29 is 32.9 Å². The van der Waals surface area contributed by atoms with Gasteiger partial charge in [0.25, 0.3) is 5.91 Å². The molecule has 11 heteroatoms. The Morgan fingerprint density at radius 2 is 1.63 bits per heavy atom. The summed E-state index contributed by atoms with van der Waals surface area (Å²) in [5.74, 6) is -2.39. The highest BCUT2D eigenvalue weighted by Gasteiger charge is 2.59. The van der Waals surface area contributed by atoms with Gasteiger partial charge < -0.3 is 14.8 Å². The Labute approximate surface area is 243 Å². The van der Waals surface area contributed by atoms with Crippen molar-refractivity contribution in [3.63, 3.8) is 0 Å². The smallest absolute Gasteiger partial charge is 0.356 e. The summed E-state index contributed by atoms with van der Waals surface area (Å²) in [5.41, 5.74) is 1.53. The van der Waals surface area contributed by atoms with Crippen molar-refractivity contribution in [2.24, 2.45) is 0 Å². The van der Waals surface area contributed by atoms with Gasteiger partial charge in [0.05, 0.1) is 22.5 Å². The summed E-state index contributed by atoms with van der Waals surface area (Å²) in [6, 6.07) is 20.9. The van der Waals surface area contributed by atoms with E-state index in [1.54, 1.807) is 6.92 Å². The van der Waals surface area contributed by atoms with E-state index in [9.17, 15) is 23.4 Å². The first-order valence-electron chi connectivity index (χ1n) is 13.0. The second-order valence-corrected chi connectivity index (χ2v) is 12.5. The third kappa shape index (κ3) is 5.86. The maximum Gasteiger partial charge on any atom is 0.356 e. The highest BCUT2D eigenvalue weighted by molar-refractivity contribution is 7.86. The summed E-state index contributed by atoms with van der Waals surface area (Å²) in [7, 11) is -1.71. The number of ether oxygens (including phenoxy) is 2. The van der Waals surface area contributed by atoms with Crippen LogP contribution in [0, 0.1) is 0 Å². The van der Waals surface area contributed by atoms with Crippen molar-refractivity contribution >= 4 is 45.9 Å². The number of hydrogen-bond donors (Lipinski definition) is 1. The van der Waals surface area contributed by atoms with Gasteiger partial charge in [-0.15, -0.1) is 11.3 Å². The summed E-state index contributed by atoms with van der Waals surface area (Å²) in [6.45, 7) is 2.53. The van der Waals surface area contributed by atoms with Gasteiger partial charge in [-0.05, 0) is 29.5 Å². The van der Waals surface area contributed by atoms with Crippen LogP contribution in [-0.2, 0) is 45.9 Å². The number of carbonyl (C=O) groups is 4. The maximum atomic E-state index is 13.9. The zero-order valence-corrected chi connectivity index (χ0v) is 24.0. The molecule has 1 saturated heterocycles. The highest BCUT2D eigenvalue weighted by Crippen LogP contribution is 2.40. The van der Waals surface area contributed by atoms with E-state index in [2.05, 4.69) is 5.32 Å². The van der Waals surface area contributed by atoms with E-state index in [0.29, 0.717) is 11.1 Å². The van der Waals surface area contributed by atoms with Gasteiger partial charge in [0.15, 0.2) is 6.10 Å². The topological polar surface area (TPSA) is 119 Å². The maximum absolute atomic E-state index is 13.9. The van der Waals surface area contributed by atoms with Gasteiger partial charge in [0.1, 0.15) is 23.7 Å². The molecule has 4 atom stereocenters. The summed E-state index contributed by atoms with van der Waals surface area (Å²) in [5, 5.41) is 2.82. The molecule has 0 bridgehead atoms. The minimum atomic E-state index is -1.71. The first-order chi connectivity index (χ1) is 19.8. The lowest BCUT2D eigenvalue weighted by atomic mass is 9.99. The van der Waals surface area contributed by atoms with Crippen LogP contribution in [0.25, 0.3) is 0 Å². The molecule has 1 fully saturated rings. The van der Waals surface area contributed by atoms with E-state index in [1.165, 1.54) is 18.3 Å². The summed E-state index contributed by atoms with van der Waals surface area (Å²) in [6.07, 6.45) is -0.722. The number of carbonyl (C=O) groups excluding carboxylic acids is 4. The van der Waals surface area contributed by atoms with Crippen LogP contribution in [0.3, 0.4) is 0 Å². The van der Waals surface area contributed by atoms with Gasteiger partial charge >= 0.3 is 11.9 Å². The van der Waals surface area contributed by atoms with Gasteiger partial charge in [-0.3, -0.25) is 23.5 Å². The standard InChI is InChI=1S/C30H28N2O7S2/c1-18-23(17-38-19(2)33)26(30(36)39-27(20-10-5-3-6-11-20)21-12-7-4-8-13-21)32-28(35)25(29(32)41(18)37)31-24(34)16-22-14-9-15-40-22/h3-15,18,25,27,29H,16-17H2,1-2H3,(H,31,34)/t18?,25?,29-,41?/m1/s1. The molecule has 5 rings (SSSR count). The van der Waals surface area contributed by atoms with E-state index in [-0.39, 0.29) is 30.2 Å². The van der Waals surface area contributed by atoms with Crippen LogP contribution < -0.4 is 5.32 Å². The number of nitrogens with zero attached hydrogens (tertiary/aromatic N) is 1. The van der Waals surface area contributed by atoms with Gasteiger partial charge in [-0.2, -0.15) is 0 Å². The zero-order chi connectivity index (χ0) is 29.1. The molecule has 2 aliphatic heterocycles. The van der Waals surface area contributed by atoms with Crippen molar-refractivity contribution in [3.05, 3.63) is 105 Å². The minimum Gasteiger partial charge on any atom is -0.461 e. The lowest BCUT2D eigenvalue weighted by Crippen LogP contribution is -2.74. The molecule has 0 spiro atoms. The summed E-state index contributed by atoms with van der Waals surface area (Å²) >= 11 is 1.42. The largest absolute Gasteiger partial charge is 0.461 e. The third-order valence-electron chi connectivity index (χ3n) is 6.95. The molecule has 1 N–H and O–H groups in total. The molecule has 0 radical (unpaired) electrons. The Hall–Kier alpha value is -4.09. The molecule has 1 aromatic heterocycles. The SMILES string of the molecule is CC(=O)OCC1=C(C(=O)OC(c2ccccc2)c2ccccc2)N2C(=O)C(NC(=O)Cc3cccs3)[C@H]2S(=O)C1C. The van der Waals surface area contributed by atoms with Crippen molar-refractivity contribution in [1.29, 1.82) is 0 Å². The number of rotatable bonds is 9. The lowest BCUT2D eigenvalue weighted by molar-refractivity contribution is -0.155. The molecule has 0 saturated carbocycles. The number of fused-ring (bicyclic) bond motifs is 1. The molecule has 3 unspecified atom stereocenters.